The van der Waals surface area contributed by atoms with Crippen LogP contribution in [0, 0.1) is 5.82 Å². The van der Waals surface area contributed by atoms with Gasteiger partial charge in [0.2, 0.25) is 0 Å². The van der Waals surface area contributed by atoms with Crippen molar-refractivity contribution in [1.82, 2.24) is 24.8 Å². The van der Waals surface area contributed by atoms with Gasteiger partial charge in [0.25, 0.3) is 5.91 Å². The number of thioether (sulfide) groups is 1. The molecule has 0 aliphatic heterocycles. The molecule has 180 valence electrons. The predicted molar refractivity (Wildman–Crippen MR) is 139 cm³/mol. The molecule has 5 aromatic rings. The summed E-state index contributed by atoms with van der Waals surface area (Å²) < 4.78 is 15.5. The highest BCUT2D eigenvalue weighted by Crippen LogP contribution is 2.30. The Morgan fingerprint density at radius 2 is 1.83 bits per heavy atom. The average Bonchev–Trinajstić information content (AvgIpc) is 3.25. The molecule has 6 nitrogen and oxygen atoms in total. The third-order valence-electron chi connectivity index (χ3n) is 5.62. The van der Waals surface area contributed by atoms with Crippen LogP contribution in [0.2, 0.25) is 5.02 Å². The number of aromatic nitrogens is 4. The van der Waals surface area contributed by atoms with Crippen molar-refractivity contribution in [3.05, 3.63) is 119 Å². The van der Waals surface area contributed by atoms with Gasteiger partial charge in [0.05, 0.1) is 23.8 Å². The van der Waals surface area contributed by atoms with E-state index in [1.165, 1.54) is 23.9 Å². The van der Waals surface area contributed by atoms with E-state index in [0.29, 0.717) is 29.4 Å². The second kappa shape index (κ2) is 10.9. The molecule has 0 saturated carbocycles. The molecular weight excluding hydrogens is 497 g/mol. The number of rotatable bonds is 8. The number of benzene rings is 2. The van der Waals surface area contributed by atoms with Gasteiger partial charge in [-0.2, -0.15) is 0 Å². The number of pyridine rings is 2. The number of amides is 1. The number of hydrogen-bond donors (Lipinski definition) is 1. The Labute approximate surface area is 216 Å². The number of hydrogen-bond acceptors (Lipinski definition) is 5. The highest BCUT2D eigenvalue weighted by molar-refractivity contribution is 7.98. The number of nitrogens with one attached hydrogen (secondary N) is 1. The molecule has 0 aliphatic rings. The van der Waals surface area contributed by atoms with Gasteiger partial charge in [-0.05, 0) is 53.1 Å². The Morgan fingerprint density at radius 1 is 1.00 bits per heavy atom. The van der Waals surface area contributed by atoms with E-state index in [-0.39, 0.29) is 11.7 Å². The van der Waals surface area contributed by atoms with Crippen molar-refractivity contribution in [3.8, 4) is 0 Å². The van der Waals surface area contributed by atoms with Crippen molar-refractivity contribution in [3.63, 3.8) is 0 Å². The summed E-state index contributed by atoms with van der Waals surface area (Å²) in [6.07, 6.45) is 6.93. The minimum atomic E-state index is -0.360. The quantitative estimate of drug-likeness (QED) is 0.260. The van der Waals surface area contributed by atoms with Crippen molar-refractivity contribution in [1.29, 1.82) is 0 Å². The zero-order valence-corrected chi connectivity index (χ0v) is 20.6. The first-order chi connectivity index (χ1) is 17.6. The molecule has 1 amide bonds. The summed E-state index contributed by atoms with van der Waals surface area (Å²) >= 11 is 7.74. The van der Waals surface area contributed by atoms with Crippen molar-refractivity contribution >= 4 is 40.3 Å². The second-order valence-electron chi connectivity index (χ2n) is 8.11. The van der Waals surface area contributed by atoms with Crippen molar-refractivity contribution in [2.45, 2.75) is 24.0 Å². The van der Waals surface area contributed by atoms with Crippen LogP contribution < -0.4 is 5.32 Å². The van der Waals surface area contributed by atoms with Crippen molar-refractivity contribution in [2.75, 3.05) is 0 Å². The summed E-state index contributed by atoms with van der Waals surface area (Å²) in [5.74, 6) is 0.0442. The van der Waals surface area contributed by atoms with Crippen LogP contribution in [0.15, 0.2) is 90.6 Å². The first kappa shape index (κ1) is 24.0. The number of imidazole rings is 1. The van der Waals surface area contributed by atoms with E-state index in [2.05, 4.69) is 19.9 Å². The zero-order chi connectivity index (χ0) is 24.9. The van der Waals surface area contributed by atoms with E-state index in [4.69, 9.17) is 16.6 Å². The van der Waals surface area contributed by atoms with E-state index in [1.54, 1.807) is 30.9 Å². The summed E-state index contributed by atoms with van der Waals surface area (Å²) in [4.78, 5) is 25.6. The van der Waals surface area contributed by atoms with Gasteiger partial charge in [0.15, 0.2) is 5.16 Å². The predicted octanol–water partition coefficient (Wildman–Crippen LogP) is 5.89. The fraction of sp³-hybridized carbons (Fsp3) is 0.111. The normalized spacial score (nSPS) is 11.1. The van der Waals surface area contributed by atoms with E-state index < -0.39 is 0 Å². The van der Waals surface area contributed by atoms with Gasteiger partial charge in [-0.3, -0.25) is 14.8 Å². The third-order valence-corrected chi connectivity index (χ3v) is 7.00. The lowest BCUT2D eigenvalue weighted by Gasteiger charge is -2.11. The number of carbonyl (C=O) groups is 1. The van der Waals surface area contributed by atoms with Gasteiger partial charge in [0, 0.05) is 41.5 Å². The minimum absolute atomic E-state index is 0.143. The molecule has 5 rings (SSSR count). The summed E-state index contributed by atoms with van der Waals surface area (Å²) in [6.45, 7) is 0.973. The Bertz CT molecular complexity index is 1510. The number of carbonyl (C=O) groups excluding carboxylic acids is 1. The van der Waals surface area contributed by atoms with E-state index >= 15 is 0 Å². The van der Waals surface area contributed by atoms with Crippen molar-refractivity contribution < 1.29 is 9.18 Å². The van der Waals surface area contributed by atoms with E-state index in [0.717, 1.165) is 32.9 Å². The summed E-state index contributed by atoms with van der Waals surface area (Å²) in [6, 6.07) is 17.5. The molecule has 0 fully saturated rings. The summed E-state index contributed by atoms with van der Waals surface area (Å²) in [7, 11) is 0. The van der Waals surface area contributed by atoms with Gasteiger partial charge < -0.3 is 9.88 Å². The molecular formula is C27H21ClFN5OS. The first-order valence-corrected chi connectivity index (χ1v) is 12.6. The molecule has 3 aromatic heterocycles. The lowest BCUT2D eigenvalue weighted by molar-refractivity contribution is 0.0951. The molecule has 9 heteroatoms. The highest BCUT2D eigenvalue weighted by atomic mass is 35.5. The van der Waals surface area contributed by atoms with Crippen LogP contribution in [-0.2, 0) is 18.8 Å². The summed E-state index contributed by atoms with van der Waals surface area (Å²) in [5, 5.41) is 4.11. The van der Waals surface area contributed by atoms with Gasteiger partial charge in [-0.1, -0.05) is 47.6 Å². The van der Waals surface area contributed by atoms with Crippen LogP contribution in [0.1, 0.15) is 27.0 Å². The first-order valence-electron chi connectivity index (χ1n) is 11.2. The van der Waals surface area contributed by atoms with Crippen LogP contribution in [-0.4, -0.2) is 25.4 Å². The van der Waals surface area contributed by atoms with Gasteiger partial charge in [-0.25, -0.2) is 9.37 Å². The molecule has 0 saturated heterocycles. The molecule has 0 spiro atoms. The van der Waals surface area contributed by atoms with E-state index in [9.17, 15) is 9.18 Å². The smallest absolute Gasteiger partial charge is 0.251 e. The lowest BCUT2D eigenvalue weighted by Crippen LogP contribution is -2.22. The minimum Gasteiger partial charge on any atom is -0.348 e. The van der Waals surface area contributed by atoms with Crippen LogP contribution in [0.25, 0.3) is 11.0 Å². The molecule has 0 radical (unpaired) electrons. The monoisotopic (exact) mass is 517 g/mol. The fourth-order valence-electron chi connectivity index (χ4n) is 3.72. The van der Waals surface area contributed by atoms with Crippen molar-refractivity contribution in [2.24, 2.45) is 0 Å². The maximum Gasteiger partial charge on any atom is 0.251 e. The fourth-order valence-corrected chi connectivity index (χ4v) is 5.05. The molecule has 1 N–H and O–H groups in total. The number of halogens is 2. The van der Waals surface area contributed by atoms with Crippen LogP contribution in [0.5, 0.6) is 0 Å². The third kappa shape index (κ3) is 5.56. The number of nitrogens with zero attached hydrogens (tertiary/aromatic N) is 4. The number of fused-ring (bicyclic) bond motifs is 1. The molecule has 0 bridgehead atoms. The van der Waals surface area contributed by atoms with Crippen LogP contribution in [0.3, 0.4) is 0 Å². The lowest BCUT2D eigenvalue weighted by atomic mass is 10.1. The topological polar surface area (TPSA) is 72.7 Å². The standard InChI is InChI=1S/C27H21ClFN5OS/c28-23-12-22(29)8-7-21(23)17-36-27-33-24-9-11-31-15-25(24)34(27)16-18-3-5-20(6-4-18)26(35)32-14-19-2-1-10-30-13-19/h1-13,15H,14,16-17H2,(H,32,35). The Balaban J connectivity index is 1.32. The van der Waals surface area contributed by atoms with Gasteiger partial charge in [-0.15, -0.1) is 0 Å². The molecule has 2 aromatic carbocycles. The Morgan fingerprint density at radius 3 is 2.61 bits per heavy atom. The average molecular weight is 518 g/mol. The maximum atomic E-state index is 13.4. The zero-order valence-electron chi connectivity index (χ0n) is 19.1. The molecule has 0 aliphatic carbocycles. The molecule has 36 heavy (non-hydrogen) atoms. The molecule has 0 unspecified atom stereocenters. The van der Waals surface area contributed by atoms with E-state index in [1.807, 2.05) is 42.5 Å². The van der Waals surface area contributed by atoms with Gasteiger partial charge in [0.1, 0.15) is 5.82 Å². The highest BCUT2D eigenvalue weighted by Gasteiger charge is 2.14. The Hall–Kier alpha value is -3.75. The second-order valence-corrected chi connectivity index (χ2v) is 9.46. The summed E-state index contributed by atoms with van der Waals surface area (Å²) in [5.41, 5.74) is 5.12. The largest absolute Gasteiger partial charge is 0.348 e. The maximum absolute atomic E-state index is 13.4. The van der Waals surface area contributed by atoms with Crippen LogP contribution >= 0.6 is 23.4 Å². The molecule has 0 atom stereocenters. The molecule has 3 heterocycles. The Kier molecular flexibility index (Phi) is 7.25. The van der Waals surface area contributed by atoms with Crippen LogP contribution in [0.4, 0.5) is 4.39 Å². The van der Waals surface area contributed by atoms with Gasteiger partial charge >= 0.3 is 0 Å². The SMILES string of the molecule is O=C(NCc1cccnc1)c1ccc(Cn2c(SCc3ccc(F)cc3Cl)nc3ccncc32)cc1.